The number of nitrogens with zero attached hydrogens (tertiary/aromatic N) is 3. The highest BCUT2D eigenvalue weighted by atomic mass is 16.2. The summed E-state index contributed by atoms with van der Waals surface area (Å²) in [6, 6.07) is 20.7. The van der Waals surface area contributed by atoms with Gasteiger partial charge in [0.1, 0.15) is 5.82 Å². The van der Waals surface area contributed by atoms with Crippen molar-refractivity contribution in [2.45, 2.75) is 25.8 Å². The van der Waals surface area contributed by atoms with E-state index < -0.39 is 0 Å². The quantitative estimate of drug-likeness (QED) is 0.717. The van der Waals surface area contributed by atoms with Crippen LogP contribution in [0.15, 0.2) is 66.9 Å². The molecule has 1 saturated heterocycles. The highest BCUT2D eigenvalue weighted by Gasteiger charge is 2.34. The first kappa shape index (κ1) is 18.3. The molecule has 2 aromatic carbocycles. The van der Waals surface area contributed by atoms with Crippen LogP contribution in [0.4, 0.5) is 4.79 Å². The Bertz CT molecular complexity index is 914. The fourth-order valence-electron chi connectivity index (χ4n) is 3.66. The summed E-state index contributed by atoms with van der Waals surface area (Å²) in [4.78, 5) is 18.9. The van der Waals surface area contributed by atoms with Crippen molar-refractivity contribution in [3.63, 3.8) is 0 Å². The van der Waals surface area contributed by atoms with E-state index in [-0.39, 0.29) is 6.03 Å². The van der Waals surface area contributed by atoms with Crippen LogP contribution in [0.1, 0.15) is 28.6 Å². The molecule has 0 atom stereocenters. The Labute approximate surface area is 166 Å². The number of benzene rings is 2. The van der Waals surface area contributed by atoms with Gasteiger partial charge in [-0.25, -0.2) is 9.78 Å². The van der Waals surface area contributed by atoms with Gasteiger partial charge in [0.2, 0.25) is 0 Å². The van der Waals surface area contributed by atoms with Gasteiger partial charge in [-0.2, -0.15) is 0 Å². The highest BCUT2D eigenvalue weighted by molar-refractivity contribution is 5.75. The summed E-state index contributed by atoms with van der Waals surface area (Å²) in [5.74, 6) is 1.38. The number of aryl methyl sites for hydroxylation is 1. The fourth-order valence-corrected chi connectivity index (χ4v) is 3.66. The van der Waals surface area contributed by atoms with Crippen LogP contribution in [0.25, 0.3) is 0 Å². The van der Waals surface area contributed by atoms with Crippen molar-refractivity contribution in [2.24, 2.45) is 0 Å². The van der Waals surface area contributed by atoms with Crippen LogP contribution in [0.3, 0.4) is 0 Å². The Balaban J connectivity index is 1.30. The molecule has 2 amide bonds. The molecule has 0 unspecified atom stereocenters. The number of imidazole rings is 1. The van der Waals surface area contributed by atoms with E-state index in [1.54, 1.807) is 0 Å². The lowest BCUT2D eigenvalue weighted by Gasteiger charge is -2.39. The summed E-state index contributed by atoms with van der Waals surface area (Å²) in [5.41, 5.74) is 3.66. The molecule has 0 spiro atoms. The summed E-state index contributed by atoms with van der Waals surface area (Å²) < 4.78 is 2.27. The predicted octanol–water partition coefficient (Wildman–Crippen LogP) is 3.59. The summed E-state index contributed by atoms with van der Waals surface area (Å²) in [5, 5.41) is 3.02. The predicted molar refractivity (Wildman–Crippen MR) is 110 cm³/mol. The van der Waals surface area contributed by atoms with Gasteiger partial charge >= 0.3 is 6.03 Å². The molecule has 1 aliphatic heterocycles. The molecular weight excluding hydrogens is 348 g/mol. The van der Waals surface area contributed by atoms with Gasteiger partial charge in [-0.05, 0) is 24.5 Å². The molecule has 3 aromatic rings. The minimum Gasteiger partial charge on any atom is -0.338 e. The van der Waals surface area contributed by atoms with E-state index in [2.05, 4.69) is 58.2 Å². The zero-order valence-corrected chi connectivity index (χ0v) is 16.2. The summed E-state index contributed by atoms with van der Waals surface area (Å²) in [7, 11) is 0. The molecule has 4 rings (SSSR count). The molecule has 5 nitrogen and oxygen atoms in total. The maximum absolute atomic E-state index is 12.4. The molecule has 28 heavy (non-hydrogen) atoms. The molecule has 1 fully saturated rings. The Morgan fingerprint density at radius 1 is 1.04 bits per heavy atom. The zero-order valence-electron chi connectivity index (χ0n) is 16.2. The number of hydrogen-bond acceptors (Lipinski definition) is 2. The first-order valence-corrected chi connectivity index (χ1v) is 9.83. The van der Waals surface area contributed by atoms with Crippen molar-refractivity contribution in [2.75, 3.05) is 19.6 Å². The van der Waals surface area contributed by atoms with Gasteiger partial charge in [0.25, 0.3) is 0 Å². The van der Waals surface area contributed by atoms with Crippen LogP contribution < -0.4 is 5.32 Å². The molecule has 1 aromatic heterocycles. The zero-order chi connectivity index (χ0) is 19.3. The van der Waals surface area contributed by atoms with Crippen LogP contribution in [0.2, 0.25) is 0 Å². The second-order valence-corrected chi connectivity index (χ2v) is 7.40. The number of amides is 2. The van der Waals surface area contributed by atoms with Crippen molar-refractivity contribution < 1.29 is 4.79 Å². The van der Waals surface area contributed by atoms with Crippen LogP contribution in [-0.4, -0.2) is 40.1 Å². The second kappa shape index (κ2) is 8.30. The Hall–Kier alpha value is -3.08. The SMILES string of the molecule is Cc1cnc(C2CN(C(=O)NCCc3ccccc3)C2)n1Cc1ccccc1. The number of hydrogen-bond donors (Lipinski definition) is 1. The van der Waals surface area contributed by atoms with E-state index in [4.69, 9.17) is 0 Å². The molecule has 2 heterocycles. The third-order valence-corrected chi connectivity index (χ3v) is 5.34. The Morgan fingerprint density at radius 3 is 2.36 bits per heavy atom. The molecular formula is C23H26N4O. The first-order chi connectivity index (χ1) is 13.7. The average molecular weight is 374 g/mol. The lowest BCUT2D eigenvalue weighted by Crippen LogP contribution is -2.53. The molecule has 5 heteroatoms. The topological polar surface area (TPSA) is 50.2 Å². The molecule has 0 radical (unpaired) electrons. The maximum Gasteiger partial charge on any atom is 0.317 e. The first-order valence-electron chi connectivity index (χ1n) is 9.83. The van der Waals surface area contributed by atoms with Gasteiger partial charge in [-0.15, -0.1) is 0 Å². The summed E-state index contributed by atoms with van der Waals surface area (Å²) in [6.07, 6.45) is 2.78. The fraction of sp³-hybridized carbons (Fsp3) is 0.304. The number of aromatic nitrogens is 2. The smallest absolute Gasteiger partial charge is 0.317 e. The van der Waals surface area contributed by atoms with Crippen LogP contribution in [0, 0.1) is 6.92 Å². The van der Waals surface area contributed by atoms with Crippen molar-refractivity contribution in [3.8, 4) is 0 Å². The molecule has 144 valence electrons. The largest absolute Gasteiger partial charge is 0.338 e. The van der Waals surface area contributed by atoms with Crippen LogP contribution >= 0.6 is 0 Å². The van der Waals surface area contributed by atoms with Crippen molar-refractivity contribution >= 4 is 6.03 Å². The van der Waals surface area contributed by atoms with E-state index in [1.807, 2.05) is 35.4 Å². The van der Waals surface area contributed by atoms with E-state index in [9.17, 15) is 4.79 Å². The number of carbonyl (C=O) groups is 1. The molecule has 0 aliphatic carbocycles. The van der Waals surface area contributed by atoms with Crippen LogP contribution in [0.5, 0.6) is 0 Å². The Morgan fingerprint density at radius 2 is 1.68 bits per heavy atom. The third-order valence-electron chi connectivity index (χ3n) is 5.34. The summed E-state index contributed by atoms with van der Waals surface area (Å²) >= 11 is 0. The number of rotatable bonds is 6. The number of nitrogens with one attached hydrogen (secondary N) is 1. The van der Waals surface area contributed by atoms with E-state index in [0.717, 1.165) is 37.6 Å². The van der Waals surface area contributed by atoms with Crippen LogP contribution in [-0.2, 0) is 13.0 Å². The lowest BCUT2D eigenvalue weighted by atomic mass is 9.99. The number of urea groups is 1. The Kier molecular flexibility index (Phi) is 5.42. The van der Waals surface area contributed by atoms with Gasteiger partial charge in [0.05, 0.1) is 5.92 Å². The van der Waals surface area contributed by atoms with Gasteiger partial charge < -0.3 is 14.8 Å². The molecule has 1 aliphatic rings. The third kappa shape index (κ3) is 4.09. The van der Waals surface area contributed by atoms with Gasteiger partial charge in [0.15, 0.2) is 0 Å². The number of likely N-dealkylation sites (tertiary alicyclic amines) is 1. The maximum atomic E-state index is 12.4. The minimum atomic E-state index is 0.0186. The normalized spacial score (nSPS) is 14.0. The van der Waals surface area contributed by atoms with E-state index in [1.165, 1.54) is 11.1 Å². The average Bonchev–Trinajstić information content (AvgIpc) is 3.03. The molecule has 0 saturated carbocycles. The summed E-state index contributed by atoms with van der Waals surface area (Å²) in [6.45, 7) is 5.02. The molecule has 1 N–H and O–H groups in total. The lowest BCUT2D eigenvalue weighted by molar-refractivity contribution is 0.147. The van der Waals surface area contributed by atoms with E-state index >= 15 is 0 Å². The van der Waals surface area contributed by atoms with Gasteiger partial charge in [0, 0.05) is 38.1 Å². The second-order valence-electron chi connectivity index (χ2n) is 7.40. The standard InChI is InChI=1S/C23H26N4O/c1-18-14-25-22(27(18)15-20-10-6-3-7-11-20)21-16-26(17-21)23(28)24-13-12-19-8-4-2-5-9-19/h2-11,14,21H,12-13,15-17H2,1H3,(H,24,28). The molecule has 0 bridgehead atoms. The monoisotopic (exact) mass is 374 g/mol. The highest BCUT2D eigenvalue weighted by Crippen LogP contribution is 2.27. The van der Waals surface area contributed by atoms with Gasteiger partial charge in [-0.3, -0.25) is 0 Å². The van der Waals surface area contributed by atoms with E-state index in [0.29, 0.717) is 12.5 Å². The number of carbonyl (C=O) groups excluding carboxylic acids is 1. The van der Waals surface area contributed by atoms with Crippen molar-refractivity contribution in [1.29, 1.82) is 0 Å². The van der Waals surface area contributed by atoms with Crippen molar-refractivity contribution in [1.82, 2.24) is 19.8 Å². The van der Waals surface area contributed by atoms with Crippen molar-refractivity contribution in [3.05, 3.63) is 89.5 Å². The van der Waals surface area contributed by atoms with Gasteiger partial charge in [-0.1, -0.05) is 60.7 Å². The minimum absolute atomic E-state index is 0.0186.